The van der Waals surface area contributed by atoms with Crippen LogP contribution in [-0.2, 0) is 0 Å². The Morgan fingerprint density at radius 1 is 1.22 bits per heavy atom. The number of thiocarbonyl (C=S) groups is 1. The number of hydrogen-bond acceptors (Lipinski definition) is 3. The van der Waals surface area contributed by atoms with E-state index in [1.165, 1.54) is 11.1 Å². The molecule has 0 aliphatic rings. The number of rotatable bonds is 2. The van der Waals surface area contributed by atoms with Crippen LogP contribution in [0.2, 0.25) is 0 Å². The van der Waals surface area contributed by atoms with E-state index in [4.69, 9.17) is 16.7 Å². The summed E-state index contributed by atoms with van der Waals surface area (Å²) in [5.41, 5.74) is 3.39. The van der Waals surface area contributed by atoms with Crippen LogP contribution in [0, 0.1) is 20.8 Å². The molecule has 0 radical (unpaired) electrons. The minimum absolute atomic E-state index is 0.497. The van der Waals surface area contributed by atoms with Gasteiger partial charge in [0.15, 0.2) is 10.9 Å². The molecular formula is C13H15N3OS. The lowest BCUT2D eigenvalue weighted by molar-refractivity contribution is 0.400. The highest BCUT2D eigenvalue weighted by molar-refractivity contribution is 7.80. The summed E-state index contributed by atoms with van der Waals surface area (Å²) in [7, 11) is 0. The number of aryl methyl sites for hydroxylation is 2. The smallest absolute Gasteiger partial charge is 0.176 e. The maximum atomic E-state index is 5.23. The summed E-state index contributed by atoms with van der Waals surface area (Å²) >= 11 is 5.23. The molecular weight excluding hydrogens is 246 g/mol. The normalized spacial score (nSPS) is 10.2. The lowest BCUT2D eigenvalue weighted by Gasteiger charge is -2.12. The number of nitrogens with one attached hydrogen (secondary N) is 2. The second-order valence-electron chi connectivity index (χ2n) is 4.15. The summed E-state index contributed by atoms with van der Waals surface area (Å²) in [6.07, 6.45) is 0. The molecule has 1 heterocycles. The Morgan fingerprint density at radius 3 is 2.67 bits per heavy atom. The maximum absolute atomic E-state index is 5.23. The molecule has 5 heteroatoms. The summed E-state index contributed by atoms with van der Waals surface area (Å²) < 4.78 is 4.96. The Labute approximate surface area is 111 Å². The van der Waals surface area contributed by atoms with Gasteiger partial charge >= 0.3 is 0 Å². The van der Waals surface area contributed by atoms with Crippen LogP contribution >= 0.6 is 12.2 Å². The van der Waals surface area contributed by atoms with Crippen molar-refractivity contribution in [2.45, 2.75) is 20.8 Å². The molecule has 4 nitrogen and oxygen atoms in total. The first-order chi connectivity index (χ1) is 8.56. The Morgan fingerprint density at radius 2 is 2.00 bits per heavy atom. The van der Waals surface area contributed by atoms with Gasteiger partial charge in [-0.05, 0) is 50.2 Å². The first kappa shape index (κ1) is 12.6. The highest BCUT2D eigenvalue weighted by Gasteiger charge is 2.05. The van der Waals surface area contributed by atoms with Crippen molar-refractivity contribution in [2.75, 3.05) is 10.6 Å². The van der Waals surface area contributed by atoms with E-state index >= 15 is 0 Å². The van der Waals surface area contributed by atoms with Crippen molar-refractivity contribution in [2.24, 2.45) is 0 Å². The second-order valence-corrected chi connectivity index (χ2v) is 4.56. The van der Waals surface area contributed by atoms with Crippen molar-refractivity contribution in [3.05, 3.63) is 41.2 Å². The van der Waals surface area contributed by atoms with Crippen molar-refractivity contribution in [1.29, 1.82) is 0 Å². The third-order valence-corrected chi connectivity index (χ3v) is 2.93. The summed E-state index contributed by atoms with van der Waals surface area (Å²) in [5.74, 6) is 1.35. The monoisotopic (exact) mass is 261 g/mol. The molecule has 0 amide bonds. The van der Waals surface area contributed by atoms with Crippen molar-refractivity contribution in [3.63, 3.8) is 0 Å². The molecule has 0 saturated heterocycles. The van der Waals surface area contributed by atoms with Crippen molar-refractivity contribution in [3.8, 4) is 0 Å². The van der Waals surface area contributed by atoms with E-state index in [2.05, 4.69) is 35.7 Å². The first-order valence-electron chi connectivity index (χ1n) is 5.64. The molecule has 0 saturated carbocycles. The Hall–Kier alpha value is -1.88. The Kier molecular flexibility index (Phi) is 3.62. The van der Waals surface area contributed by atoms with E-state index in [1.807, 2.05) is 19.1 Å². The van der Waals surface area contributed by atoms with Crippen molar-refractivity contribution >= 4 is 28.8 Å². The van der Waals surface area contributed by atoms with E-state index in [9.17, 15) is 0 Å². The standard InChI is InChI=1S/C13H15N3OS/c1-8-5-4-6-11(10(8)3)14-13(18)15-12-7-9(2)17-16-12/h4-7H,1-3H3,(H2,14,15,16,18). The lowest BCUT2D eigenvalue weighted by atomic mass is 10.1. The van der Waals surface area contributed by atoms with Gasteiger partial charge in [-0.3, -0.25) is 0 Å². The van der Waals surface area contributed by atoms with Gasteiger partial charge in [-0.2, -0.15) is 0 Å². The van der Waals surface area contributed by atoms with Gasteiger partial charge in [-0.1, -0.05) is 17.3 Å². The van der Waals surface area contributed by atoms with Gasteiger partial charge in [-0.15, -0.1) is 0 Å². The molecule has 2 N–H and O–H groups in total. The molecule has 0 aliphatic carbocycles. The third-order valence-electron chi connectivity index (χ3n) is 2.72. The van der Waals surface area contributed by atoms with Crippen LogP contribution in [0.15, 0.2) is 28.8 Å². The van der Waals surface area contributed by atoms with Crippen LogP contribution in [0.4, 0.5) is 11.5 Å². The van der Waals surface area contributed by atoms with Gasteiger partial charge < -0.3 is 15.2 Å². The first-order valence-corrected chi connectivity index (χ1v) is 6.04. The predicted molar refractivity (Wildman–Crippen MR) is 77.0 cm³/mol. The third kappa shape index (κ3) is 2.87. The minimum Gasteiger partial charge on any atom is -0.360 e. The zero-order valence-corrected chi connectivity index (χ0v) is 11.4. The van der Waals surface area contributed by atoms with Gasteiger partial charge in [-0.25, -0.2) is 0 Å². The fourth-order valence-electron chi connectivity index (χ4n) is 1.58. The van der Waals surface area contributed by atoms with Crippen LogP contribution in [0.25, 0.3) is 0 Å². The Bertz CT molecular complexity index is 577. The zero-order chi connectivity index (χ0) is 13.1. The van der Waals surface area contributed by atoms with E-state index < -0.39 is 0 Å². The molecule has 1 aromatic heterocycles. The topological polar surface area (TPSA) is 50.1 Å². The van der Waals surface area contributed by atoms with Crippen LogP contribution in [0.5, 0.6) is 0 Å². The predicted octanol–water partition coefficient (Wildman–Crippen LogP) is 3.41. The van der Waals surface area contributed by atoms with Gasteiger partial charge in [0.25, 0.3) is 0 Å². The molecule has 0 fully saturated rings. The van der Waals surface area contributed by atoms with Gasteiger partial charge in [0.2, 0.25) is 0 Å². The fraction of sp³-hybridized carbons (Fsp3) is 0.231. The number of anilines is 2. The van der Waals surface area contributed by atoms with Crippen LogP contribution < -0.4 is 10.6 Å². The highest BCUT2D eigenvalue weighted by atomic mass is 32.1. The summed E-state index contributed by atoms with van der Waals surface area (Å²) in [6.45, 7) is 5.96. The Balaban J connectivity index is 2.05. The number of nitrogens with zero attached hydrogens (tertiary/aromatic N) is 1. The van der Waals surface area contributed by atoms with Crippen LogP contribution in [0.3, 0.4) is 0 Å². The van der Waals surface area contributed by atoms with Crippen LogP contribution in [-0.4, -0.2) is 10.3 Å². The molecule has 0 spiro atoms. The lowest BCUT2D eigenvalue weighted by Crippen LogP contribution is -2.19. The minimum atomic E-state index is 0.497. The molecule has 0 atom stereocenters. The van der Waals surface area contributed by atoms with Crippen molar-refractivity contribution in [1.82, 2.24) is 5.16 Å². The number of hydrogen-bond donors (Lipinski definition) is 2. The molecule has 0 bridgehead atoms. The van der Waals surface area contributed by atoms with E-state index in [0.29, 0.717) is 10.9 Å². The van der Waals surface area contributed by atoms with Gasteiger partial charge in [0.1, 0.15) is 5.76 Å². The van der Waals surface area contributed by atoms with Gasteiger partial charge in [0.05, 0.1) is 0 Å². The SMILES string of the molecule is Cc1cc(NC(=S)Nc2cccc(C)c2C)no1. The van der Waals surface area contributed by atoms with Crippen molar-refractivity contribution < 1.29 is 4.52 Å². The maximum Gasteiger partial charge on any atom is 0.176 e. The molecule has 94 valence electrons. The molecule has 1 aromatic carbocycles. The second kappa shape index (κ2) is 5.18. The number of benzene rings is 1. The largest absolute Gasteiger partial charge is 0.360 e. The molecule has 0 aliphatic heterocycles. The fourth-order valence-corrected chi connectivity index (χ4v) is 1.80. The average molecular weight is 261 g/mol. The molecule has 18 heavy (non-hydrogen) atoms. The molecule has 0 unspecified atom stereocenters. The average Bonchev–Trinajstić information content (AvgIpc) is 2.70. The number of aromatic nitrogens is 1. The quantitative estimate of drug-likeness (QED) is 0.811. The van der Waals surface area contributed by atoms with Crippen LogP contribution in [0.1, 0.15) is 16.9 Å². The zero-order valence-electron chi connectivity index (χ0n) is 10.6. The molecule has 2 aromatic rings. The highest BCUT2D eigenvalue weighted by Crippen LogP contribution is 2.18. The van der Waals surface area contributed by atoms with E-state index in [1.54, 1.807) is 6.07 Å². The summed E-state index contributed by atoms with van der Waals surface area (Å²) in [6, 6.07) is 7.84. The van der Waals surface area contributed by atoms with Gasteiger partial charge in [0, 0.05) is 11.8 Å². The summed E-state index contributed by atoms with van der Waals surface area (Å²) in [4.78, 5) is 0. The molecule has 2 rings (SSSR count). The summed E-state index contributed by atoms with van der Waals surface area (Å²) in [5, 5.41) is 10.4. The van der Waals surface area contributed by atoms with E-state index in [-0.39, 0.29) is 0 Å². The van der Waals surface area contributed by atoms with E-state index in [0.717, 1.165) is 11.4 Å².